The predicted octanol–water partition coefficient (Wildman–Crippen LogP) is -1.40. The van der Waals surface area contributed by atoms with Crippen LogP contribution in [0.3, 0.4) is 0 Å². The molecular formula is C10H15N2O8P. The van der Waals surface area contributed by atoms with Crippen LogP contribution in [-0.4, -0.2) is 43.3 Å². The first kappa shape index (κ1) is 16.1. The Morgan fingerprint density at radius 3 is 2.81 bits per heavy atom. The maximum Gasteiger partial charge on any atom is 0.469 e. The Bertz CT molecular complexity index is 676. The molecule has 3 atom stereocenters. The number of aromatic amines is 1. The zero-order valence-corrected chi connectivity index (χ0v) is 11.9. The quantitative estimate of drug-likeness (QED) is 0.494. The summed E-state index contributed by atoms with van der Waals surface area (Å²) in [6.07, 6.45) is -1.62. The number of aromatic nitrogens is 2. The molecule has 0 saturated carbocycles. The minimum atomic E-state index is -4.63. The van der Waals surface area contributed by atoms with E-state index in [2.05, 4.69) is 9.51 Å². The summed E-state index contributed by atoms with van der Waals surface area (Å²) < 4.78 is 21.3. The lowest BCUT2D eigenvalue weighted by atomic mass is 10.2. The van der Waals surface area contributed by atoms with Crippen LogP contribution >= 0.6 is 7.82 Å². The van der Waals surface area contributed by atoms with E-state index in [1.165, 1.54) is 13.1 Å². The predicted molar refractivity (Wildman–Crippen MR) is 68.6 cm³/mol. The minimum Gasteiger partial charge on any atom is -0.388 e. The van der Waals surface area contributed by atoms with E-state index in [-0.39, 0.29) is 12.0 Å². The highest BCUT2D eigenvalue weighted by molar-refractivity contribution is 7.46. The number of nitrogens with one attached hydrogen (secondary N) is 1. The van der Waals surface area contributed by atoms with Crippen molar-refractivity contribution in [3.63, 3.8) is 0 Å². The fourth-order valence-electron chi connectivity index (χ4n) is 2.04. The molecule has 1 aliphatic heterocycles. The van der Waals surface area contributed by atoms with Crippen LogP contribution in [-0.2, 0) is 13.8 Å². The molecule has 1 saturated heterocycles. The van der Waals surface area contributed by atoms with Crippen molar-refractivity contribution in [3.05, 3.63) is 32.6 Å². The number of aliphatic hydroxyl groups is 1. The molecular weight excluding hydrogens is 307 g/mol. The molecule has 118 valence electrons. The van der Waals surface area contributed by atoms with Gasteiger partial charge in [0.05, 0.1) is 12.7 Å². The second-order valence-electron chi connectivity index (χ2n) is 4.72. The normalized spacial score (nSPS) is 26.2. The number of nitrogens with zero attached hydrogens (tertiary/aromatic N) is 1. The molecule has 0 unspecified atom stereocenters. The van der Waals surface area contributed by atoms with Gasteiger partial charge in [-0.05, 0) is 6.92 Å². The van der Waals surface area contributed by atoms with Crippen molar-refractivity contribution in [2.24, 2.45) is 0 Å². The summed E-state index contributed by atoms with van der Waals surface area (Å²) in [7, 11) is -4.63. The molecule has 2 heterocycles. The van der Waals surface area contributed by atoms with Gasteiger partial charge in [0.1, 0.15) is 6.10 Å². The van der Waals surface area contributed by atoms with E-state index < -0.39 is 44.1 Å². The van der Waals surface area contributed by atoms with Crippen LogP contribution in [0.2, 0.25) is 0 Å². The first-order valence-corrected chi connectivity index (χ1v) is 7.56. The van der Waals surface area contributed by atoms with Gasteiger partial charge < -0.3 is 19.6 Å². The summed E-state index contributed by atoms with van der Waals surface area (Å²) in [5.74, 6) is 0. The number of rotatable bonds is 4. The lowest BCUT2D eigenvalue weighted by Crippen LogP contribution is -2.36. The highest BCUT2D eigenvalue weighted by atomic mass is 31.2. The summed E-state index contributed by atoms with van der Waals surface area (Å²) in [6, 6.07) is 0. The molecule has 0 aromatic carbocycles. The van der Waals surface area contributed by atoms with Crippen molar-refractivity contribution >= 4 is 7.82 Å². The van der Waals surface area contributed by atoms with E-state index in [0.29, 0.717) is 0 Å². The number of hydrogen-bond acceptors (Lipinski definition) is 6. The fraction of sp³-hybridized carbons (Fsp3) is 0.600. The standard InChI is InChI=1S/C10H15N2O8P/c1-5-3-12(10(15)11-8(5)14)9-7(13)2-6(20-9)4-19-21(16,17)18/h3,6-7,9,13H,2,4H2,1H3,(H,11,14,15)(H2,16,17,18)/t6-,7+,9+/m0/s1. The van der Waals surface area contributed by atoms with E-state index in [1.54, 1.807) is 0 Å². The number of H-pyrrole nitrogens is 1. The molecule has 0 amide bonds. The summed E-state index contributed by atoms with van der Waals surface area (Å²) in [6.45, 7) is 1.07. The molecule has 1 aliphatic rings. The Kier molecular flexibility index (Phi) is 4.47. The van der Waals surface area contributed by atoms with E-state index in [1.807, 2.05) is 0 Å². The van der Waals surface area contributed by atoms with Gasteiger partial charge >= 0.3 is 13.5 Å². The van der Waals surface area contributed by atoms with Crippen molar-refractivity contribution in [2.45, 2.75) is 31.8 Å². The van der Waals surface area contributed by atoms with Crippen LogP contribution in [0.25, 0.3) is 0 Å². The lowest BCUT2D eigenvalue weighted by Gasteiger charge is -2.17. The van der Waals surface area contributed by atoms with E-state index in [9.17, 15) is 19.3 Å². The topological polar surface area (TPSA) is 151 Å². The van der Waals surface area contributed by atoms with Crippen LogP contribution in [0.1, 0.15) is 18.2 Å². The Hall–Kier alpha value is -1.29. The number of aliphatic hydroxyl groups excluding tert-OH is 1. The Morgan fingerprint density at radius 2 is 2.19 bits per heavy atom. The molecule has 0 radical (unpaired) electrons. The molecule has 21 heavy (non-hydrogen) atoms. The average Bonchev–Trinajstić information content (AvgIpc) is 2.72. The molecule has 0 aliphatic carbocycles. The fourth-order valence-corrected chi connectivity index (χ4v) is 2.40. The second-order valence-corrected chi connectivity index (χ2v) is 5.96. The number of hydrogen-bond donors (Lipinski definition) is 4. The first-order valence-electron chi connectivity index (χ1n) is 6.03. The molecule has 1 aromatic rings. The maximum atomic E-state index is 11.7. The summed E-state index contributed by atoms with van der Waals surface area (Å²) in [4.78, 5) is 42.3. The van der Waals surface area contributed by atoms with Crippen LogP contribution in [0.5, 0.6) is 0 Å². The minimum absolute atomic E-state index is 0.0370. The van der Waals surface area contributed by atoms with Gasteiger partial charge in [-0.1, -0.05) is 0 Å². The zero-order valence-electron chi connectivity index (χ0n) is 11.0. The summed E-state index contributed by atoms with van der Waals surface area (Å²) >= 11 is 0. The zero-order chi connectivity index (χ0) is 15.8. The van der Waals surface area contributed by atoms with Crippen LogP contribution < -0.4 is 11.2 Å². The monoisotopic (exact) mass is 322 g/mol. The highest BCUT2D eigenvalue weighted by Crippen LogP contribution is 2.38. The van der Waals surface area contributed by atoms with Gasteiger partial charge in [0.15, 0.2) is 6.23 Å². The molecule has 1 fully saturated rings. The van der Waals surface area contributed by atoms with Gasteiger partial charge in [-0.15, -0.1) is 0 Å². The third-order valence-corrected chi connectivity index (χ3v) is 3.50. The molecule has 2 rings (SSSR count). The Balaban J connectivity index is 2.15. The largest absolute Gasteiger partial charge is 0.469 e. The van der Waals surface area contributed by atoms with Crippen LogP contribution in [0.4, 0.5) is 0 Å². The lowest BCUT2D eigenvalue weighted by molar-refractivity contribution is -0.0525. The molecule has 4 N–H and O–H groups in total. The summed E-state index contributed by atoms with van der Waals surface area (Å²) in [5, 5.41) is 9.90. The van der Waals surface area contributed by atoms with Crippen molar-refractivity contribution < 1.29 is 28.7 Å². The third-order valence-electron chi connectivity index (χ3n) is 3.01. The second kappa shape index (κ2) is 5.84. The Labute approximate surface area is 118 Å². The van der Waals surface area contributed by atoms with Crippen LogP contribution in [0, 0.1) is 6.92 Å². The van der Waals surface area contributed by atoms with Gasteiger partial charge in [-0.3, -0.25) is 18.9 Å². The molecule has 0 bridgehead atoms. The Morgan fingerprint density at radius 1 is 1.52 bits per heavy atom. The third kappa shape index (κ3) is 3.88. The van der Waals surface area contributed by atoms with Crippen molar-refractivity contribution in [2.75, 3.05) is 6.61 Å². The van der Waals surface area contributed by atoms with Crippen LogP contribution in [0.15, 0.2) is 15.8 Å². The summed E-state index contributed by atoms with van der Waals surface area (Å²) in [5.41, 5.74) is -1.02. The number of phosphoric acid groups is 1. The molecule has 11 heteroatoms. The molecule has 0 spiro atoms. The van der Waals surface area contributed by atoms with Gasteiger partial charge in [-0.2, -0.15) is 0 Å². The van der Waals surface area contributed by atoms with Crippen molar-refractivity contribution in [1.82, 2.24) is 9.55 Å². The smallest absolute Gasteiger partial charge is 0.388 e. The first-order chi connectivity index (χ1) is 9.67. The highest BCUT2D eigenvalue weighted by Gasteiger charge is 2.37. The van der Waals surface area contributed by atoms with Gasteiger partial charge in [-0.25, -0.2) is 9.36 Å². The van der Waals surface area contributed by atoms with E-state index in [0.717, 1.165) is 4.57 Å². The van der Waals surface area contributed by atoms with Crippen molar-refractivity contribution in [3.8, 4) is 0 Å². The van der Waals surface area contributed by atoms with Gasteiger partial charge in [0, 0.05) is 18.2 Å². The molecule has 10 nitrogen and oxygen atoms in total. The molecule has 1 aromatic heterocycles. The number of ether oxygens (including phenoxy) is 1. The SMILES string of the molecule is Cc1cn([C@@H]2O[C@H](COP(=O)(O)O)C[C@H]2O)c(=O)[nH]c1=O. The van der Waals surface area contributed by atoms with Gasteiger partial charge in [0.25, 0.3) is 5.56 Å². The van der Waals surface area contributed by atoms with Crippen molar-refractivity contribution in [1.29, 1.82) is 0 Å². The number of phosphoric ester groups is 1. The number of aryl methyl sites for hydroxylation is 1. The maximum absolute atomic E-state index is 11.7. The van der Waals surface area contributed by atoms with E-state index in [4.69, 9.17) is 14.5 Å². The van der Waals surface area contributed by atoms with Gasteiger partial charge in [0.2, 0.25) is 0 Å². The van der Waals surface area contributed by atoms with E-state index >= 15 is 0 Å². The average molecular weight is 322 g/mol.